The van der Waals surface area contributed by atoms with Crippen LogP contribution in [0.25, 0.3) is 5.69 Å². The van der Waals surface area contributed by atoms with Crippen LogP contribution in [0.5, 0.6) is 0 Å². The van der Waals surface area contributed by atoms with Gasteiger partial charge in [-0.15, -0.1) is 0 Å². The second kappa shape index (κ2) is 9.89. The highest BCUT2D eigenvalue weighted by Crippen LogP contribution is 2.27. The van der Waals surface area contributed by atoms with Crippen LogP contribution in [0.3, 0.4) is 0 Å². The lowest BCUT2D eigenvalue weighted by Gasteiger charge is -2.39. The molecule has 2 heterocycles. The van der Waals surface area contributed by atoms with Crippen molar-refractivity contribution in [1.29, 1.82) is 0 Å². The minimum atomic E-state index is -0.395. The van der Waals surface area contributed by atoms with E-state index in [-0.39, 0.29) is 17.7 Å². The van der Waals surface area contributed by atoms with Gasteiger partial charge in [-0.25, -0.2) is 9.59 Å². The fraction of sp³-hybridized carbons (Fsp3) is 0.407. The molecule has 34 heavy (non-hydrogen) atoms. The topological polar surface area (TPSA) is 59.7 Å². The molecule has 1 fully saturated rings. The van der Waals surface area contributed by atoms with Crippen molar-refractivity contribution in [2.75, 3.05) is 38.2 Å². The van der Waals surface area contributed by atoms with E-state index in [0.29, 0.717) is 0 Å². The third kappa shape index (κ3) is 4.66. The van der Waals surface area contributed by atoms with Gasteiger partial charge < -0.3 is 9.64 Å². The van der Waals surface area contributed by atoms with E-state index in [1.807, 2.05) is 70.4 Å². The van der Waals surface area contributed by atoms with Gasteiger partial charge in [-0.05, 0) is 57.0 Å². The van der Waals surface area contributed by atoms with E-state index in [9.17, 15) is 9.59 Å². The fourth-order valence-corrected chi connectivity index (χ4v) is 4.67. The highest BCUT2D eigenvalue weighted by Gasteiger charge is 2.31. The van der Waals surface area contributed by atoms with E-state index in [0.717, 1.165) is 48.7 Å². The number of aryl methyl sites for hydroxylation is 2. The third-order valence-corrected chi connectivity index (χ3v) is 6.66. The van der Waals surface area contributed by atoms with Crippen molar-refractivity contribution in [3.63, 3.8) is 0 Å². The minimum Gasteiger partial charge on any atom is -0.468 e. The van der Waals surface area contributed by atoms with Crippen molar-refractivity contribution in [2.45, 2.75) is 39.8 Å². The number of methoxy groups -OCH3 is 1. The number of imidazole rings is 1. The third-order valence-electron chi connectivity index (χ3n) is 6.66. The van der Waals surface area contributed by atoms with Crippen LogP contribution in [-0.2, 0) is 9.53 Å². The molecule has 1 saturated heterocycles. The Balaban J connectivity index is 1.49. The van der Waals surface area contributed by atoms with Gasteiger partial charge in [0.2, 0.25) is 0 Å². The van der Waals surface area contributed by atoms with Crippen molar-refractivity contribution < 1.29 is 9.53 Å². The first kappa shape index (κ1) is 23.8. The number of esters is 1. The molecular formula is C27H34N4O3. The maximum absolute atomic E-state index is 12.7. The molecule has 0 bridgehead atoms. The van der Waals surface area contributed by atoms with Crippen LogP contribution in [0.1, 0.15) is 42.6 Å². The molecule has 2 aromatic carbocycles. The van der Waals surface area contributed by atoms with E-state index >= 15 is 0 Å². The summed E-state index contributed by atoms with van der Waals surface area (Å²) < 4.78 is 8.58. The summed E-state index contributed by atoms with van der Waals surface area (Å²) >= 11 is 0. The van der Waals surface area contributed by atoms with E-state index in [2.05, 4.69) is 21.9 Å². The van der Waals surface area contributed by atoms with Crippen LogP contribution in [0.4, 0.5) is 5.69 Å². The van der Waals surface area contributed by atoms with Gasteiger partial charge in [-0.3, -0.25) is 14.0 Å². The maximum Gasteiger partial charge on any atom is 0.332 e. The summed E-state index contributed by atoms with van der Waals surface area (Å²) in [4.78, 5) is 29.9. The molecule has 0 aliphatic carbocycles. The zero-order valence-corrected chi connectivity index (χ0v) is 20.7. The van der Waals surface area contributed by atoms with Gasteiger partial charge in [0, 0.05) is 50.3 Å². The number of hydrogen-bond acceptors (Lipinski definition) is 5. The molecule has 3 aromatic rings. The van der Waals surface area contributed by atoms with Crippen molar-refractivity contribution in [2.24, 2.45) is 0 Å². The van der Waals surface area contributed by atoms with Crippen LogP contribution in [0.2, 0.25) is 0 Å². The number of ether oxygens (including phenoxy) is 1. The van der Waals surface area contributed by atoms with Gasteiger partial charge in [0.15, 0.2) is 0 Å². The Hall–Kier alpha value is -3.32. The summed E-state index contributed by atoms with van der Waals surface area (Å²) in [6.07, 6.45) is 3.67. The van der Waals surface area contributed by atoms with E-state index in [4.69, 9.17) is 4.74 Å². The van der Waals surface area contributed by atoms with Crippen LogP contribution in [0.15, 0.2) is 59.7 Å². The number of hydrogen-bond donors (Lipinski definition) is 0. The zero-order valence-electron chi connectivity index (χ0n) is 20.7. The lowest BCUT2D eigenvalue weighted by atomic mass is 10.0. The van der Waals surface area contributed by atoms with Gasteiger partial charge in [-0.1, -0.05) is 29.8 Å². The molecule has 0 saturated carbocycles. The first-order chi connectivity index (χ1) is 16.3. The molecular weight excluding hydrogens is 428 g/mol. The Morgan fingerprint density at radius 2 is 1.62 bits per heavy atom. The molecule has 1 unspecified atom stereocenters. The lowest BCUT2D eigenvalue weighted by molar-refractivity contribution is -0.147. The molecule has 0 spiro atoms. The molecule has 0 N–H and O–H groups in total. The van der Waals surface area contributed by atoms with Crippen LogP contribution >= 0.6 is 0 Å². The molecule has 7 nitrogen and oxygen atoms in total. The second-order valence-corrected chi connectivity index (χ2v) is 9.28. The van der Waals surface area contributed by atoms with Crippen molar-refractivity contribution in [3.8, 4) is 5.69 Å². The average molecular weight is 463 g/mol. The average Bonchev–Trinajstić information content (AvgIpc) is 3.22. The lowest BCUT2D eigenvalue weighted by Crippen LogP contribution is -2.49. The Kier molecular flexibility index (Phi) is 6.93. The molecule has 1 aliphatic heterocycles. The summed E-state index contributed by atoms with van der Waals surface area (Å²) in [5.74, 6) is -0.226. The van der Waals surface area contributed by atoms with E-state index in [1.165, 1.54) is 12.7 Å². The Bertz CT molecular complexity index is 1200. The number of rotatable bonds is 6. The van der Waals surface area contributed by atoms with Gasteiger partial charge in [0.1, 0.15) is 6.04 Å². The summed E-state index contributed by atoms with van der Waals surface area (Å²) in [5.41, 5.74) is 5.18. The Labute approximate surface area is 201 Å². The summed E-state index contributed by atoms with van der Waals surface area (Å²) in [7, 11) is 1.45. The Morgan fingerprint density at radius 3 is 2.18 bits per heavy atom. The molecule has 7 heteroatoms. The quantitative estimate of drug-likeness (QED) is 0.521. The molecule has 0 radical (unpaired) electrons. The van der Waals surface area contributed by atoms with E-state index in [1.54, 1.807) is 9.13 Å². The zero-order chi connectivity index (χ0) is 24.4. The van der Waals surface area contributed by atoms with Gasteiger partial charge in [-0.2, -0.15) is 0 Å². The van der Waals surface area contributed by atoms with E-state index < -0.39 is 6.04 Å². The summed E-state index contributed by atoms with van der Waals surface area (Å²) in [6.45, 7) is 11.2. The van der Waals surface area contributed by atoms with Gasteiger partial charge >= 0.3 is 11.7 Å². The van der Waals surface area contributed by atoms with Gasteiger partial charge in [0.25, 0.3) is 0 Å². The van der Waals surface area contributed by atoms with Crippen LogP contribution in [0, 0.1) is 13.8 Å². The predicted molar refractivity (Wildman–Crippen MR) is 135 cm³/mol. The Morgan fingerprint density at radius 1 is 0.941 bits per heavy atom. The first-order valence-electron chi connectivity index (χ1n) is 11.8. The summed E-state index contributed by atoms with van der Waals surface area (Å²) in [6, 6.07) is 14.1. The monoisotopic (exact) mass is 462 g/mol. The highest BCUT2D eigenvalue weighted by atomic mass is 16.5. The maximum atomic E-state index is 12.7. The standard InChI is InChI=1S/C27H34N4O3/c1-19(2)30-16-17-31(27(30)33)24-11-10-23(18-21(24)4)28-12-14-29(15-13-28)25(26(32)34-5)22-8-6-20(3)7-9-22/h6-11,16-19,25H,12-15H2,1-5H3. The molecule has 0 amide bonds. The minimum absolute atomic E-state index is 0.0237. The van der Waals surface area contributed by atoms with Crippen molar-refractivity contribution in [1.82, 2.24) is 14.0 Å². The van der Waals surface area contributed by atoms with Crippen LogP contribution in [-0.4, -0.2) is 53.3 Å². The fourth-order valence-electron chi connectivity index (χ4n) is 4.67. The molecule has 4 rings (SSSR count). The smallest absolute Gasteiger partial charge is 0.332 e. The number of carbonyl (C=O) groups excluding carboxylic acids is 1. The molecule has 1 atom stereocenters. The predicted octanol–water partition coefficient (Wildman–Crippen LogP) is 3.87. The van der Waals surface area contributed by atoms with Crippen molar-refractivity contribution >= 4 is 11.7 Å². The molecule has 1 aliphatic rings. The van der Waals surface area contributed by atoms with Gasteiger partial charge in [0.05, 0.1) is 12.8 Å². The van der Waals surface area contributed by atoms with Crippen molar-refractivity contribution in [3.05, 3.63) is 82.0 Å². The SMILES string of the molecule is COC(=O)C(c1ccc(C)cc1)N1CCN(c2ccc(-n3ccn(C(C)C)c3=O)c(C)c2)CC1. The number of benzene rings is 2. The number of anilines is 1. The largest absolute Gasteiger partial charge is 0.468 e. The molecule has 180 valence electrons. The highest BCUT2D eigenvalue weighted by molar-refractivity contribution is 5.77. The number of carbonyl (C=O) groups is 1. The van der Waals surface area contributed by atoms with Crippen LogP contribution < -0.4 is 10.6 Å². The number of aromatic nitrogens is 2. The number of piperazine rings is 1. The second-order valence-electron chi connectivity index (χ2n) is 9.28. The number of nitrogens with zero attached hydrogens (tertiary/aromatic N) is 4. The first-order valence-corrected chi connectivity index (χ1v) is 11.8. The normalized spacial score (nSPS) is 15.5. The molecule has 1 aromatic heterocycles. The summed E-state index contributed by atoms with van der Waals surface area (Å²) in [5, 5.41) is 0.